The van der Waals surface area contributed by atoms with Crippen molar-refractivity contribution in [2.24, 2.45) is 0 Å². The maximum Gasteiger partial charge on any atom is 0.0976 e. The summed E-state index contributed by atoms with van der Waals surface area (Å²) in [5, 5.41) is 2.42. The highest BCUT2D eigenvalue weighted by Crippen LogP contribution is 2.24. The minimum atomic E-state index is -1.10. The number of hydrogen-bond acceptors (Lipinski definition) is 1. The van der Waals surface area contributed by atoms with E-state index in [1.807, 2.05) is 39.0 Å². The Kier molecular flexibility index (Phi) is 4.96. The van der Waals surface area contributed by atoms with Gasteiger partial charge >= 0.3 is 0 Å². The first-order chi connectivity index (χ1) is 9.91. The fraction of sp³-hybridized carbons (Fsp3) is 0.333. The van der Waals surface area contributed by atoms with Crippen LogP contribution in [-0.2, 0) is 11.0 Å². The maximum absolute atomic E-state index is 12.4. The third kappa shape index (κ3) is 4.02. The zero-order valence-corrected chi connectivity index (χ0v) is 13.7. The van der Waals surface area contributed by atoms with Crippen LogP contribution < -0.4 is 4.72 Å². The van der Waals surface area contributed by atoms with Gasteiger partial charge in [-0.2, -0.15) is 0 Å². The molecule has 0 spiro atoms. The Morgan fingerprint density at radius 2 is 1.86 bits per heavy atom. The van der Waals surface area contributed by atoms with Crippen molar-refractivity contribution < 1.29 is 4.21 Å². The lowest BCUT2D eigenvalue weighted by Crippen LogP contribution is -2.35. The number of hydrogen-bond donors (Lipinski definition) is 1. The van der Waals surface area contributed by atoms with Crippen molar-refractivity contribution in [2.45, 2.75) is 38.0 Å². The molecule has 2 nitrogen and oxygen atoms in total. The molecule has 0 saturated heterocycles. The van der Waals surface area contributed by atoms with Gasteiger partial charge in [0.25, 0.3) is 0 Å². The van der Waals surface area contributed by atoms with E-state index in [0.717, 1.165) is 12.0 Å². The third-order valence-electron chi connectivity index (χ3n) is 3.38. The summed E-state index contributed by atoms with van der Waals surface area (Å²) in [4.78, 5) is 0. The molecular weight excluding hydrogens is 278 g/mol. The van der Waals surface area contributed by atoms with Gasteiger partial charge in [-0.1, -0.05) is 42.5 Å². The minimum absolute atomic E-state index is 0.0205. The summed E-state index contributed by atoms with van der Waals surface area (Å²) in [6, 6.07) is 14.7. The molecule has 112 valence electrons. The Labute approximate surface area is 129 Å². The molecule has 21 heavy (non-hydrogen) atoms. The molecule has 0 aliphatic heterocycles. The van der Waals surface area contributed by atoms with Gasteiger partial charge < -0.3 is 0 Å². The number of rotatable bonds is 5. The normalized spacial score (nSPS) is 14.8. The summed E-state index contributed by atoms with van der Waals surface area (Å²) in [6.07, 6.45) is 2.62. The zero-order chi connectivity index (χ0) is 15.5. The van der Waals surface area contributed by atoms with Crippen molar-refractivity contribution in [2.75, 3.05) is 0 Å². The molecule has 0 amide bonds. The van der Waals surface area contributed by atoms with E-state index in [1.54, 1.807) is 0 Å². The second-order valence-corrected chi connectivity index (χ2v) is 8.18. The number of benzene rings is 2. The van der Waals surface area contributed by atoms with E-state index >= 15 is 0 Å². The largest absolute Gasteiger partial charge is 0.242 e. The maximum atomic E-state index is 12.4. The summed E-state index contributed by atoms with van der Waals surface area (Å²) in [6.45, 7) is 9.74. The van der Waals surface area contributed by atoms with Crippen LogP contribution in [0.4, 0.5) is 0 Å². The molecule has 0 saturated carbocycles. The molecule has 1 N–H and O–H groups in total. The Hall–Kier alpha value is -1.45. The van der Waals surface area contributed by atoms with Crippen LogP contribution >= 0.6 is 0 Å². The second-order valence-electron chi connectivity index (χ2n) is 6.18. The first kappa shape index (κ1) is 15.9. The average Bonchev–Trinajstić information content (AvgIpc) is 2.45. The monoisotopic (exact) mass is 301 g/mol. The zero-order valence-electron chi connectivity index (χ0n) is 12.9. The first-order valence-electron chi connectivity index (χ1n) is 7.19. The van der Waals surface area contributed by atoms with Crippen LogP contribution in [0, 0.1) is 0 Å². The Morgan fingerprint density at radius 1 is 1.19 bits per heavy atom. The lowest BCUT2D eigenvalue weighted by Gasteiger charge is -2.24. The quantitative estimate of drug-likeness (QED) is 0.809. The summed E-state index contributed by atoms with van der Waals surface area (Å²) >= 11 is 0. The molecule has 0 aliphatic carbocycles. The van der Waals surface area contributed by atoms with Crippen LogP contribution in [-0.4, -0.2) is 8.96 Å². The lowest BCUT2D eigenvalue weighted by atomic mass is 10.0. The third-order valence-corrected chi connectivity index (χ3v) is 4.99. The average molecular weight is 301 g/mol. The van der Waals surface area contributed by atoms with Gasteiger partial charge in [0, 0.05) is 6.04 Å². The van der Waals surface area contributed by atoms with Crippen molar-refractivity contribution in [3.8, 4) is 0 Å². The first-order valence-corrected chi connectivity index (χ1v) is 8.34. The topological polar surface area (TPSA) is 29.1 Å². The number of nitrogens with one attached hydrogen (secondary N) is 1. The second kappa shape index (κ2) is 6.54. The molecule has 3 heteroatoms. The van der Waals surface area contributed by atoms with Gasteiger partial charge in [0.1, 0.15) is 0 Å². The summed E-state index contributed by atoms with van der Waals surface area (Å²) in [7, 11) is -1.10. The van der Waals surface area contributed by atoms with Gasteiger partial charge in [0.05, 0.1) is 15.7 Å². The molecule has 0 aliphatic rings. The molecule has 2 rings (SSSR count). The molecule has 2 aromatic carbocycles. The highest BCUT2D eigenvalue weighted by Gasteiger charge is 2.23. The van der Waals surface area contributed by atoms with Crippen molar-refractivity contribution in [3.63, 3.8) is 0 Å². The highest BCUT2D eigenvalue weighted by atomic mass is 32.2. The SMILES string of the molecule is C=CC[C@H](NS(=O)C(C)(C)C)c1ccc2ccccc2c1. The Bertz CT molecular complexity index is 658. The Morgan fingerprint density at radius 3 is 2.48 bits per heavy atom. The molecule has 2 atom stereocenters. The fourth-order valence-electron chi connectivity index (χ4n) is 2.15. The summed E-state index contributed by atoms with van der Waals surface area (Å²) in [5.74, 6) is 0. The summed E-state index contributed by atoms with van der Waals surface area (Å²) < 4.78 is 15.3. The molecule has 2 aromatic rings. The van der Waals surface area contributed by atoms with E-state index in [0.29, 0.717) is 0 Å². The van der Waals surface area contributed by atoms with Gasteiger partial charge in [0.15, 0.2) is 0 Å². The van der Waals surface area contributed by atoms with Crippen LogP contribution in [0.5, 0.6) is 0 Å². The van der Waals surface area contributed by atoms with Crippen molar-refractivity contribution in [3.05, 3.63) is 60.7 Å². The van der Waals surface area contributed by atoms with Crippen LogP contribution in [0.15, 0.2) is 55.1 Å². The van der Waals surface area contributed by atoms with Gasteiger partial charge in [-0.15, -0.1) is 6.58 Å². The van der Waals surface area contributed by atoms with E-state index in [-0.39, 0.29) is 10.8 Å². The molecule has 0 aromatic heterocycles. The minimum Gasteiger partial charge on any atom is -0.242 e. The van der Waals surface area contributed by atoms with E-state index < -0.39 is 11.0 Å². The van der Waals surface area contributed by atoms with Gasteiger partial charge in [-0.05, 0) is 49.6 Å². The number of fused-ring (bicyclic) bond motifs is 1. The predicted molar refractivity (Wildman–Crippen MR) is 92.5 cm³/mol. The standard InChI is InChI=1S/C18H23NOS/c1-5-8-17(19-21(20)18(2,3)4)16-12-11-14-9-6-7-10-15(14)13-16/h5-7,9-13,17,19H,1,8H2,2-4H3/t17-,21?/m0/s1. The van der Waals surface area contributed by atoms with Gasteiger partial charge in [-0.3, -0.25) is 0 Å². The van der Waals surface area contributed by atoms with Gasteiger partial charge in [0.2, 0.25) is 0 Å². The van der Waals surface area contributed by atoms with E-state index in [1.165, 1.54) is 10.8 Å². The predicted octanol–water partition coefficient (Wildman–Crippen LogP) is 4.51. The van der Waals surface area contributed by atoms with E-state index in [9.17, 15) is 4.21 Å². The van der Waals surface area contributed by atoms with E-state index in [4.69, 9.17) is 0 Å². The van der Waals surface area contributed by atoms with Crippen molar-refractivity contribution in [1.29, 1.82) is 0 Å². The molecule has 1 unspecified atom stereocenters. The molecule has 0 fully saturated rings. The fourth-order valence-corrected chi connectivity index (χ4v) is 2.99. The molecule has 0 bridgehead atoms. The van der Waals surface area contributed by atoms with E-state index in [2.05, 4.69) is 41.6 Å². The van der Waals surface area contributed by atoms with Crippen molar-refractivity contribution in [1.82, 2.24) is 4.72 Å². The molecular formula is C18H23NOS. The Balaban J connectivity index is 2.31. The summed E-state index contributed by atoms with van der Waals surface area (Å²) in [5.41, 5.74) is 1.14. The lowest BCUT2D eigenvalue weighted by molar-refractivity contribution is 0.602. The smallest absolute Gasteiger partial charge is 0.0976 e. The van der Waals surface area contributed by atoms with Crippen molar-refractivity contribution >= 4 is 21.8 Å². The van der Waals surface area contributed by atoms with Gasteiger partial charge in [-0.25, -0.2) is 8.93 Å². The molecule has 0 heterocycles. The highest BCUT2D eigenvalue weighted by molar-refractivity contribution is 7.84. The van der Waals surface area contributed by atoms with Crippen LogP contribution in [0.1, 0.15) is 38.8 Å². The van der Waals surface area contributed by atoms with Crippen LogP contribution in [0.2, 0.25) is 0 Å². The molecule has 0 radical (unpaired) electrons. The van der Waals surface area contributed by atoms with Crippen LogP contribution in [0.3, 0.4) is 0 Å². The van der Waals surface area contributed by atoms with Crippen LogP contribution in [0.25, 0.3) is 10.8 Å².